The third-order valence-corrected chi connectivity index (χ3v) is 1.83. The summed E-state index contributed by atoms with van der Waals surface area (Å²) in [6, 6.07) is 0. The minimum atomic E-state index is -0.507. The zero-order chi connectivity index (χ0) is 10.6. The van der Waals surface area contributed by atoms with Crippen LogP contribution in [-0.4, -0.2) is 24.8 Å². The summed E-state index contributed by atoms with van der Waals surface area (Å²) in [6.45, 7) is 3.35. The topological polar surface area (TPSA) is 64.6 Å². The van der Waals surface area contributed by atoms with Crippen LogP contribution in [0.3, 0.4) is 0 Å². The van der Waals surface area contributed by atoms with Gasteiger partial charge in [0.25, 0.3) is 0 Å². The number of ether oxygens (including phenoxy) is 2. The first-order valence-electron chi connectivity index (χ1n) is 4.40. The summed E-state index contributed by atoms with van der Waals surface area (Å²) in [5.74, 6) is -0.370. The van der Waals surface area contributed by atoms with Crippen LogP contribution in [0, 0.1) is 0 Å². The Morgan fingerprint density at radius 1 is 1.71 bits per heavy atom. The van der Waals surface area contributed by atoms with Gasteiger partial charge in [0, 0.05) is 13.3 Å². The molecule has 1 rings (SSSR count). The van der Waals surface area contributed by atoms with Crippen LogP contribution in [0.4, 0.5) is 4.79 Å². The van der Waals surface area contributed by atoms with Crippen molar-refractivity contribution in [3.63, 3.8) is 0 Å². The van der Waals surface area contributed by atoms with Crippen LogP contribution in [0.5, 0.6) is 0 Å². The standard InChI is InChI=1S/C9H13NO4/c1-3-7-8(14-6(2)11)4-5-13-9(12)10-7/h3,8H,4-5H2,1-2H3,(H,10,12)/b7-3-. The van der Waals surface area contributed by atoms with Gasteiger partial charge in [0.05, 0.1) is 12.3 Å². The second-order valence-corrected chi connectivity index (χ2v) is 2.89. The molecular weight excluding hydrogens is 186 g/mol. The third kappa shape index (κ3) is 2.76. The van der Waals surface area contributed by atoms with Crippen molar-refractivity contribution in [1.82, 2.24) is 5.32 Å². The lowest BCUT2D eigenvalue weighted by Gasteiger charge is -2.15. The number of esters is 1. The normalized spacial score (nSPS) is 24.9. The van der Waals surface area contributed by atoms with Crippen LogP contribution in [0.25, 0.3) is 0 Å². The Balaban J connectivity index is 2.71. The van der Waals surface area contributed by atoms with Gasteiger partial charge in [0.15, 0.2) is 0 Å². The molecule has 1 saturated heterocycles. The molecule has 1 fully saturated rings. The quantitative estimate of drug-likeness (QED) is 0.638. The molecule has 1 heterocycles. The first-order valence-corrected chi connectivity index (χ1v) is 4.40. The van der Waals surface area contributed by atoms with Gasteiger partial charge in [-0.05, 0) is 6.92 Å². The number of hydrogen-bond donors (Lipinski definition) is 1. The number of hydrogen-bond acceptors (Lipinski definition) is 4. The van der Waals surface area contributed by atoms with Gasteiger partial charge >= 0.3 is 12.1 Å². The maximum Gasteiger partial charge on any atom is 0.411 e. The lowest BCUT2D eigenvalue weighted by molar-refractivity contribution is -0.145. The van der Waals surface area contributed by atoms with Gasteiger partial charge in [0.2, 0.25) is 0 Å². The third-order valence-electron chi connectivity index (χ3n) is 1.83. The van der Waals surface area contributed by atoms with Gasteiger partial charge < -0.3 is 9.47 Å². The van der Waals surface area contributed by atoms with Crippen molar-refractivity contribution in [3.05, 3.63) is 11.8 Å². The Hall–Kier alpha value is -1.52. The van der Waals surface area contributed by atoms with E-state index in [2.05, 4.69) is 5.32 Å². The highest BCUT2D eigenvalue weighted by Crippen LogP contribution is 2.12. The van der Waals surface area contributed by atoms with Gasteiger partial charge in [-0.1, -0.05) is 6.08 Å². The van der Waals surface area contributed by atoms with E-state index in [0.29, 0.717) is 12.1 Å². The maximum absolute atomic E-state index is 11.0. The van der Waals surface area contributed by atoms with Crippen molar-refractivity contribution in [1.29, 1.82) is 0 Å². The molecule has 0 bridgehead atoms. The number of rotatable bonds is 1. The summed E-state index contributed by atoms with van der Waals surface area (Å²) in [4.78, 5) is 21.7. The molecule has 0 radical (unpaired) electrons. The molecule has 0 saturated carbocycles. The van der Waals surface area contributed by atoms with Crippen molar-refractivity contribution in [2.45, 2.75) is 26.4 Å². The van der Waals surface area contributed by atoms with Gasteiger partial charge in [0.1, 0.15) is 6.10 Å². The Labute approximate surface area is 82.1 Å². The molecule has 5 heteroatoms. The summed E-state index contributed by atoms with van der Waals surface area (Å²) >= 11 is 0. The number of alkyl carbamates (subject to hydrolysis) is 1. The van der Waals surface area contributed by atoms with E-state index in [9.17, 15) is 9.59 Å². The average molecular weight is 199 g/mol. The van der Waals surface area contributed by atoms with E-state index in [1.807, 2.05) is 0 Å². The number of amides is 1. The van der Waals surface area contributed by atoms with E-state index in [1.165, 1.54) is 6.92 Å². The van der Waals surface area contributed by atoms with Crippen LogP contribution in [0.1, 0.15) is 20.3 Å². The molecule has 1 N–H and O–H groups in total. The fourth-order valence-electron chi connectivity index (χ4n) is 1.23. The molecule has 1 amide bonds. The highest BCUT2D eigenvalue weighted by atomic mass is 16.6. The van der Waals surface area contributed by atoms with Gasteiger partial charge in [-0.25, -0.2) is 4.79 Å². The second-order valence-electron chi connectivity index (χ2n) is 2.89. The van der Waals surface area contributed by atoms with Crippen molar-refractivity contribution < 1.29 is 19.1 Å². The molecule has 0 aromatic rings. The van der Waals surface area contributed by atoms with Crippen LogP contribution in [0.15, 0.2) is 11.8 Å². The highest BCUT2D eigenvalue weighted by molar-refractivity contribution is 5.71. The second kappa shape index (κ2) is 4.64. The van der Waals surface area contributed by atoms with E-state index in [1.54, 1.807) is 13.0 Å². The predicted molar refractivity (Wildman–Crippen MR) is 48.4 cm³/mol. The lowest BCUT2D eigenvalue weighted by atomic mass is 10.2. The molecule has 14 heavy (non-hydrogen) atoms. The maximum atomic E-state index is 11.0. The largest absolute Gasteiger partial charge is 0.456 e. The van der Waals surface area contributed by atoms with Crippen molar-refractivity contribution in [3.8, 4) is 0 Å². The molecule has 78 valence electrons. The van der Waals surface area contributed by atoms with Crippen molar-refractivity contribution in [2.75, 3.05) is 6.61 Å². The van der Waals surface area contributed by atoms with Crippen LogP contribution in [0.2, 0.25) is 0 Å². The number of cyclic esters (lactones) is 1. The highest BCUT2D eigenvalue weighted by Gasteiger charge is 2.23. The Morgan fingerprint density at radius 3 is 3.00 bits per heavy atom. The van der Waals surface area contributed by atoms with E-state index in [-0.39, 0.29) is 12.6 Å². The van der Waals surface area contributed by atoms with Crippen LogP contribution in [-0.2, 0) is 14.3 Å². The summed E-state index contributed by atoms with van der Waals surface area (Å²) in [5.41, 5.74) is 0.572. The fraction of sp³-hybridized carbons (Fsp3) is 0.556. The summed E-state index contributed by atoms with van der Waals surface area (Å²) in [7, 11) is 0. The Bertz CT molecular complexity index is 272. The van der Waals surface area contributed by atoms with E-state index in [4.69, 9.17) is 9.47 Å². The summed E-state index contributed by atoms with van der Waals surface area (Å²) in [5, 5.41) is 2.51. The van der Waals surface area contributed by atoms with Crippen molar-refractivity contribution >= 4 is 12.1 Å². The Kier molecular flexibility index (Phi) is 3.50. The fourth-order valence-corrected chi connectivity index (χ4v) is 1.23. The molecule has 0 spiro atoms. The first kappa shape index (κ1) is 10.6. The minimum absolute atomic E-state index is 0.251. The average Bonchev–Trinajstić information content (AvgIpc) is 2.27. The predicted octanol–water partition coefficient (Wildman–Crippen LogP) is 0.952. The number of carbonyl (C=O) groups is 2. The van der Waals surface area contributed by atoms with E-state index >= 15 is 0 Å². The monoisotopic (exact) mass is 199 g/mol. The van der Waals surface area contributed by atoms with E-state index in [0.717, 1.165) is 0 Å². The van der Waals surface area contributed by atoms with Gasteiger partial charge in [-0.15, -0.1) is 0 Å². The van der Waals surface area contributed by atoms with Crippen molar-refractivity contribution in [2.24, 2.45) is 0 Å². The molecular formula is C9H13NO4. The molecule has 0 aromatic heterocycles. The van der Waals surface area contributed by atoms with Gasteiger partial charge in [-0.2, -0.15) is 0 Å². The molecule has 1 unspecified atom stereocenters. The van der Waals surface area contributed by atoms with Crippen LogP contribution < -0.4 is 5.32 Å². The summed E-state index contributed by atoms with van der Waals surface area (Å²) in [6.07, 6.45) is 1.26. The molecule has 1 aliphatic rings. The number of carbonyl (C=O) groups excluding carboxylic acids is 2. The SMILES string of the molecule is C/C=C1\NC(=O)OCCC1OC(C)=O. The molecule has 5 nitrogen and oxygen atoms in total. The zero-order valence-electron chi connectivity index (χ0n) is 8.20. The summed E-state index contributed by atoms with van der Waals surface area (Å²) < 4.78 is 9.79. The molecule has 1 atom stereocenters. The first-order chi connectivity index (χ1) is 6.63. The molecule has 1 aliphatic heterocycles. The van der Waals surface area contributed by atoms with Crippen LogP contribution >= 0.6 is 0 Å². The number of allylic oxidation sites excluding steroid dienone is 1. The zero-order valence-corrected chi connectivity index (χ0v) is 8.20. The minimum Gasteiger partial charge on any atom is -0.456 e. The van der Waals surface area contributed by atoms with Gasteiger partial charge in [-0.3, -0.25) is 10.1 Å². The Morgan fingerprint density at radius 2 is 2.43 bits per heavy atom. The molecule has 0 aliphatic carbocycles. The lowest BCUT2D eigenvalue weighted by Crippen LogP contribution is -2.28. The number of nitrogens with one attached hydrogen (secondary N) is 1. The van der Waals surface area contributed by atoms with E-state index < -0.39 is 12.2 Å². The molecule has 0 aromatic carbocycles. The smallest absolute Gasteiger partial charge is 0.411 e.